The minimum absolute atomic E-state index is 0.219. The number of hydrogen-bond acceptors (Lipinski definition) is 4. The Morgan fingerprint density at radius 1 is 0.939 bits per heavy atom. The van der Waals surface area contributed by atoms with Crippen molar-refractivity contribution in [3.05, 3.63) is 69.8 Å². The van der Waals surface area contributed by atoms with Gasteiger partial charge in [-0.3, -0.25) is 9.98 Å². The first-order chi connectivity index (χ1) is 15.8. The van der Waals surface area contributed by atoms with Crippen LogP contribution >= 0.6 is 0 Å². The monoisotopic (exact) mass is 444 g/mol. The van der Waals surface area contributed by atoms with E-state index in [1.54, 1.807) is 0 Å². The lowest BCUT2D eigenvalue weighted by atomic mass is 9.82. The highest BCUT2D eigenvalue weighted by Gasteiger charge is 2.25. The standard InChI is InChI=1S/C16H24N2.C13H16N2/c1-11-8-13(16(3,4)5)9-12(2)14(11)10-15-17-6-7-18-15;1-2-6-11-10(4-1)5-3-7-12(11)13-14-8-9-15-13/h8-9H,6-7,10H2,1-5H3,(H,17,18);1-2,4,6,12H,3,5,7-9H2,(H,14,15). The fourth-order valence-electron chi connectivity index (χ4n) is 5.13. The van der Waals surface area contributed by atoms with Crippen LogP contribution in [-0.2, 0) is 18.3 Å². The molecule has 0 saturated heterocycles. The predicted octanol–water partition coefficient (Wildman–Crippen LogP) is 5.25. The molecule has 33 heavy (non-hydrogen) atoms. The first-order valence-electron chi connectivity index (χ1n) is 12.6. The van der Waals surface area contributed by atoms with Gasteiger partial charge < -0.3 is 10.6 Å². The molecular weight excluding hydrogens is 404 g/mol. The number of amidine groups is 2. The highest BCUT2D eigenvalue weighted by molar-refractivity contribution is 5.90. The van der Waals surface area contributed by atoms with Crippen molar-refractivity contribution in [2.45, 2.75) is 71.6 Å². The number of nitrogens with one attached hydrogen (secondary N) is 2. The number of hydrogen-bond donors (Lipinski definition) is 2. The van der Waals surface area contributed by atoms with Gasteiger partial charge in [0.15, 0.2) is 0 Å². The molecular formula is C29H40N4. The Balaban J connectivity index is 0.000000159. The first-order valence-corrected chi connectivity index (χ1v) is 12.6. The summed E-state index contributed by atoms with van der Waals surface area (Å²) in [5.74, 6) is 2.91. The van der Waals surface area contributed by atoms with Gasteiger partial charge in [-0.2, -0.15) is 0 Å². The molecule has 0 radical (unpaired) electrons. The molecule has 2 aromatic rings. The maximum atomic E-state index is 4.56. The van der Waals surface area contributed by atoms with E-state index < -0.39 is 0 Å². The molecule has 0 aromatic heterocycles. The SMILES string of the molecule is Cc1cc(C(C)(C)C)cc(C)c1CC1=NCCN1.c1ccc2c(c1)CCCC2C1=NCCN1. The van der Waals surface area contributed by atoms with Crippen LogP contribution in [0.15, 0.2) is 46.4 Å². The molecule has 0 spiro atoms. The molecule has 2 aromatic carbocycles. The van der Waals surface area contributed by atoms with E-state index in [1.807, 2.05) is 0 Å². The Morgan fingerprint density at radius 2 is 1.64 bits per heavy atom. The fraction of sp³-hybridized carbons (Fsp3) is 0.517. The summed E-state index contributed by atoms with van der Waals surface area (Å²) in [6.45, 7) is 15.1. The zero-order valence-corrected chi connectivity index (χ0v) is 21.1. The van der Waals surface area contributed by atoms with Gasteiger partial charge in [-0.25, -0.2) is 0 Å². The summed E-state index contributed by atoms with van der Waals surface area (Å²) in [6.07, 6.45) is 4.73. The van der Waals surface area contributed by atoms with Crippen LogP contribution in [0.1, 0.15) is 72.9 Å². The maximum Gasteiger partial charge on any atom is 0.104 e. The summed E-state index contributed by atoms with van der Waals surface area (Å²) in [5, 5.41) is 6.77. The van der Waals surface area contributed by atoms with E-state index in [4.69, 9.17) is 0 Å². The van der Waals surface area contributed by atoms with E-state index in [1.165, 1.54) is 58.5 Å². The smallest absolute Gasteiger partial charge is 0.104 e. The van der Waals surface area contributed by atoms with Gasteiger partial charge in [0.1, 0.15) is 11.7 Å². The summed E-state index contributed by atoms with van der Waals surface area (Å²) >= 11 is 0. The molecule has 5 rings (SSSR count). The van der Waals surface area contributed by atoms with Crippen LogP contribution < -0.4 is 10.6 Å². The molecule has 0 bridgehead atoms. The molecule has 2 N–H and O–H groups in total. The molecule has 1 aliphatic carbocycles. The predicted molar refractivity (Wildman–Crippen MR) is 141 cm³/mol. The molecule has 0 fully saturated rings. The van der Waals surface area contributed by atoms with E-state index >= 15 is 0 Å². The number of aliphatic imine (C=N–C) groups is 2. The normalized spacial score (nSPS) is 19.5. The largest absolute Gasteiger partial charge is 0.372 e. The Hall–Kier alpha value is -2.62. The number of nitrogens with zero attached hydrogens (tertiary/aromatic N) is 2. The molecule has 2 heterocycles. The molecule has 1 atom stereocenters. The van der Waals surface area contributed by atoms with Crippen molar-refractivity contribution >= 4 is 11.7 Å². The molecule has 2 aliphatic heterocycles. The third-order valence-electron chi connectivity index (χ3n) is 7.05. The summed E-state index contributed by atoms with van der Waals surface area (Å²) < 4.78 is 0. The van der Waals surface area contributed by atoms with Gasteiger partial charge in [0.05, 0.1) is 13.1 Å². The van der Waals surface area contributed by atoms with Gasteiger partial charge in [-0.05, 0) is 71.9 Å². The number of aryl methyl sites for hydroxylation is 3. The van der Waals surface area contributed by atoms with Crippen molar-refractivity contribution in [2.75, 3.05) is 26.2 Å². The quantitative estimate of drug-likeness (QED) is 0.679. The van der Waals surface area contributed by atoms with E-state index in [9.17, 15) is 0 Å². The van der Waals surface area contributed by atoms with Crippen molar-refractivity contribution in [1.82, 2.24) is 10.6 Å². The fourth-order valence-corrected chi connectivity index (χ4v) is 5.13. The number of fused-ring (bicyclic) bond motifs is 1. The zero-order valence-electron chi connectivity index (χ0n) is 21.1. The van der Waals surface area contributed by atoms with Crippen molar-refractivity contribution in [2.24, 2.45) is 9.98 Å². The Labute approximate surface area is 200 Å². The van der Waals surface area contributed by atoms with Crippen molar-refractivity contribution in [3.63, 3.8) is 0 Å². The van der Waals surface area contributed by atoms with Crippen LogP contribution in [0.25, 0.3) is 0 Å². The van der Waals surface area contributed by atoms with Gasteiger partial charge in [0.2, 0.25) is 0 Å². The van der Waals surface area contributed by atoms with Gasteiger partial charge in [0, 0.05) is 25.4 Å². The molecule has 0 amide bonds. The Bertz CT molecular complexity index is 1020. The lowest BCUT2D eigenvalue weighted by Gasteiger charge is -2.25. The third-order valence-corrected chi connectivity index (χ3v) is 7.05. The van der Waals surface area contributed by atoms with Crippen LogP contribution in [0.4, 0.5) is 0 Å². The molecule has 0 saturated carbocycles. The lowest BCUT2D eigenvalue weighted by Crippen LogP contribution is -2.28. The molecule has 3 aliphatic rings. The van der Waals surface area contributed by atoms with Crippen molar-refractivity contribution in [1.29, 1.82) is 0 Å². The van der Waals surface area contributed by atoms with Crippen molar-refractivity contribution < 1.29 is 0 Å². The van der Waals surface area contributed by atoms with Gasteiger partial charge in [-0.15, -0.1) is 0 Å². The van der Waals surface area contributed by atoms with Crippen molar-refractivity contribution in [3.8, 4) is 0 Å². The Kier molecular flexibility index (Phi) is 7.21. The van der Waals surface area contributed by atoms with Crippen LogP contribution in [0.5, 0.6) is 0 Å². The van der Waals surface area contributed by atoms with Crippen LogP contribution in [0, 0.1) is 13.8 Å². The number of benzene rings is 2. The Morgan fingerprint density at radius 3 is 2.27 bits per heavy atom. The summed E-state index contributed by atoms with van der Waals surface area (Å²) in [6, 6.07) is 13.5. The van der Waals surface area contributed by atoms with Crippen LogP contribution in [0.3, 0.4) is 0 Å². The maximum absolute atomic E-state index is 4.56. The van der Waals surface area contributed by atoms with E-state index in [0.717, 1.165) is 38.4 Å². The minimum atomic E-state index is 0.219. The summed E-state index contributed by atoms with van der Waals surface area (Å²) in [5.41, 5.74) is 8.85. The van der Waals surface area contributed by atoms with Crippen LogP contribution in [0.2, 0.25) is 0 Å². The average Bonchev–Trinajstić information content (AvgIpc) is 3.50. The second kappa shape index (κ2) is 10.1. The summed E-state index contributed by atoms with van der Waals surface area (Å²) in [7, 11) is 0. The number of rotatable bonds is 3. The topological polar surface area (TPSA) is 48.8 Å². The van der Waals surface area contributed by atoms with E-state index in [-0.39, 0.29) is 5.41 Å². The van der Waals surface area contributed by atoms with E-state index in [2.05, 4.69) is 91.6 Å². The first kappa shape index (κ1) is 23.5. The van der Waals surface area contributed by atoms with Gasteiger partial charge in [-0.1, -0.05) is 57.2 Å². The second-order valence-corrected chi connectivity index (χ2v) is 10.6. The average molecular weight is 445 g/mol. The highest BCUT2D eigenvalue weighted by Crippen LogP contribution is 2.32. The molecule has 1 unspecified atom stereocenters. The van der Waals surface area contributed by atoms with Gasteiger partial charge in [0.25, 0.3) is 0 Å². The third kappa shape index (κ3) is 5.66. The highest BCUT2D eigenvalue weighted by atomic mass is 15.1. The van der Waals surface area contributed by atoms with Gasteiger partial charge >= 0.3 is 0 Å². The van der Waals surface area contributed by atoms with Crippen LogP contribution in [-0.4, -0.2) is 37.9 Å². The molecule has 4 heteroatoms. The zero-order chi connectivity index (χ0) is 23.4. The summed E-state index contributed by atoms with van der Waals surface area (Å²) in [4.78, 5) is 9.05. The van der Waals surface area contributed by atoms with E-state index in [0.29, 0.717) is 5.92 Å². The molecule has 176 valence electrons. The minimum Gasteiger partial charge on any atom is -0.372 e. The second-order valence-electron chi connectivity index (χ2n) is 10.6. The molecule has 4 nitrogen and oxygen atoms in total. The lowest BCUT2D eigenvalue weighted by molar-refractivity contribution is 0.589.